The van der Waals surface area contributed by atoms with E-state index in [9.17, 15) is 9.59 Å². The molecule has 0 aliphatic heterocycles. The zero-order valence-corrected chi connectivity index (χ0v) is 15.0. The quantitative estimate of drug-likeness (QED) is 0.778. The van der Waals surface area contributed by atoms with Gasteiger partial charge in [-0.05, 0) is 30.5 Å². The zero-order valence-electron chi connectivity index (χ0n) is 15.0. The molecule has 1 aromatic carbocycles. The highest BCUT2D eigenvalue weighted by molar-refractivity contribution is 5.98. The lowest BCUT2D eigenvalue weighted by atomic mass is 9.95. The molecule has 1 aromatic rings. The summed E-state index contributed by atoms with van der Waals surface area (Å²) in [5.74, 6) is -0.169. The first-order valence-electron chi connectivity index (χ1n) is 8.04. The SMILES string of the molecule is CCC(C)C(N)C(=O)Nc1ccc(C)c(NC(=O)C(C)(C)C)c1. The fraction of sp³-hybridized carbons (Fsp3) is 0.556. The minimum absolute atomic E-state index is 0.0691. The molecule has 2 amide bonds. The second-order valence-electron chi connectivity index (χ2n) is 7.13. The van der Waals surface area contributed by atoms with Crippen LogP contribution in [-0.2, 0) is 9.59 Å². The lowest BCUT2D eigenvalue weighted by Crippen LogP contribution is -2.40. The van der Waals surface area contributed by atoms with Gasteiger partial charge in [-0.1, -0.05) is 47.1 Å². The molecule has 0 heterocycles. The highest BCUT2D eigenvalue weighted by atomic mass is 16.2. The van der Waals surface area contributed by atoms with Crippen LogP contribution in [0.5, 0.6) is 0 Å². The van der Waals surface area contributed by atoms with E-state index in [0.717, 1.165) is 12.0 Å². The molecule has 0 bridgehead atoms. The molecule has 0 radical (unpaired) electrons. The summed E-state index contributed by atoms with van der Waals surface area (Å²) in [5, 5.41) is 5.73. The molecule has 0 saturated heterocycles. The number of carbonyl (C=O) groups is 2. The van der Waals surface area contributed by atoms with E-state index in [2.05, 4.69) is 10.6 Å². The van der Waals surface area contributed by atoms with Gasteiger partial charge in [-0.25, -0.2) is 0 Å². The first-order valence-corrected chi connectivity index (χ1v) is 8.04. The Morgan fingerprint density at radius 2 is 1.83 bits per heavy atom. The third-order valence-corrected chi connectivity index (χ3v) is 3.99. The van der Waals surface area contributed by atoms with E-state index in [1.54, 1.807) is 6.07 Å². The molecule has 4 N–H and O–H groups in total. The molecule has 2 atom stereocenters. The van der Waals surface area contributed by atoms with Crippen molar-refractivity contribution in [3.63, 3.8) is 0 Å². The zero-order chi connectivity index (χ0) is 17.8. The van der Waals surface area contributed by atoms with Gasteiger partial charge in [0.2, 0.25) is 11.8 Å². The van der Waals surface area contributed by atoms with Crippen molar-refractivity contribution in [3.05, 3.63) is 23.8 Å². The molecule has 5 nitrogen and oxygen atoms in total. The molecule has 23 heavy (non-hydrogen) atoms. The van der Waals surface area contributed by atoms with Crippen LogP contribution in [0.4, 0.5) is 11.4 Å². The van der Waals surface area contributed by atoms with Crippen LogP contribution in [0.3, 0.4) is 0 Å². The molecule has 0 spiro atoms. The van der Waals surface area contributed by atoms with Gasteiger partial charge in [0.1, 0.15) is 0 Å². The number of carbonyl (C=O) groups excluding carboxylic acids is 2. The van der Waals surface area contributed by atoms with Crippen molar-refractivity contribution in [2.75, 3.05) is 10.6 Å². The number of benzene rings is 1. The summed E-state index contributed by atoms with van der Waals surface area (Å²) in [7, 11) is 0. The molecular weight excluding hydrogens is 290 g/mol. The maximum atomic E-state index is 12.2. The molecule has 0 aliphatic rings. The molecule has 0 fully saturated rings. The fourth-order valence-corrected chi connectivity index (χ4v) is 1.88. The van der Waals surface area contributed by atoms with Gasteiger partial charge < -0.3 is 16.4 Å². The number of anilines is 2. The number of nitrogens with two attached hydrogens (primary N) is 1. The number of hydrogen-bond acceptors (Lipinski definition) is 3. The van der Waals surface area contributed by atoms with Crippen molar-refractivity contribution in [3.8, 4) is 0 Å². The molecule has 1 rings (SSSR count). The van der Waals surface area contributed by atoms with E-state index in [0.29, 0.717) is 11.4 Å². The summed E-state index contributed by atoms with van der Waals surface area (Å²) in [6, 6.07) is 4.89. The number of nitrogens with one attached hydrogen (secondary N) is 2. The van der Waals surface area contributed by atoms with E-state index in [-0.39, 0.29) is 17.7 Å². The van der Waals surface area contributed by atoms with E-state index >= 15 is 0 Å². The van der Waals surface area contributed by atoms with Gasteiger partial charge >= 0.3 is 0 Å². The van der Waals surface area contributed by atoms with Crippen LogP contribution in [0.2, 0.25) is 0 Å². The van der Waals surface area contributed by atoms with Gasteiger partial charge in [0.25, 0.3) is 0 Å². The minimum atomic E-state index is -0.547. The number of rotatable bonds is 5. The Balaban J connectivity index is 2.89. The van der Waals surface area contributed by atoms with Crippen LogP contribution in [0, 0.1) is 18.3 Å². The lowest BCUT2D eigenvalue weighted by molar-refractivity contribution is -0.123. The van der Waals surface area contributed by atoms with Gasteiger partial charge in [0.15, 0.2) is 0 Å². The molecule has 0 aliphatic carbocycles. The summed E-state index contributed by atoms with van der Waals surface area (Å²) in [4.78, 5) is 24.3. The first-order chi connectivity index (χ1) is 10.6. The highest BCUT2D eigenvalue weighted by Gasteiger charge is 2.22. The summed E-state index contributed by atoms with van der Waals surface area (Å²) < 4.78 is 0. The van der Waals surface area contributed by atoms with Crippen molar-refractivity contribution >= 4 is 23.2 Å². The maximum absolute atomic E-state index is 12.2. The summed E-state index contributed by atoms with van der Waals surface area (Å²) in [6.07, 6.45) is 0.843. The van der Waals surface area contributed by atoms with Crippen molar-refractivity contribution in [2.24, 2.45) is 17.1 Å². The number of aryl methyl sites for hydroxylation is 1. The van der Waals surface area contributed by atoms with Crippen LogP contribution in [0.25, 0.3) is 0 Å². The highest BCUT2D eigenvalue weighted by Crippen LogP contribution is 2.24. The van der Waals surface area contributed by atoms with E-state index in [1.165, 1.54) is 0 Å². The Morgan fingerprint density at radius 1 is 1.22 bits per heavy atom. The summed E-state index contributed by atoms with van der Waals surface area (Å²) >= 11 is 0. The minimum Gasteiger partial charge on any atom is -0.325 e. The third-order valence-electron chi connectivity index (χ3n) is 3.99. The van der Waals surface area contributed by atoms with Crippen molar-refractivity contribution in [2.45, 2.75) is 54.0 Å². The topological polar surface area (TPSA) is 84.2 Å². The predicted octanol–water partition coefficient (Wildman–Crippen LogP) is 3.29. The van der Waals surface area contributed by atoms with Crippen LogP contribution in [0.1, 0.15) is 46.6 Å². The molecule has 5 heteroatoms. The van der Waals surface area contributed by atoms with Gasteiger partial charge in [0.05, 0.1) is 6.04 Å². The Labute approximate surface area is 139 Å². The van der Waals surface area contributed by atoms with Gasteiger partial charge in [-0.3, -0.25) is 9.59 Å². The van der Waals surface area contributed by atoms with Crippen molar-refractivity contribution < 1.29 is 9.59 Å². The van der Waals surface area contributed by atoms with Gasteiger partial charge in [0, 0.05) is 16.8 Å². The second kappa shape index (κ2) is 7.59. The van der Waals surface area contributed by atoms with Gasteiger partial charge in [-0.2, -0.15) is 0 Å². The van der Waals surface area contributed by atoms with Crippen LogP contribution < -0.4 is 16.4 Å². The van der Waals surface area contributed by atoms with E-state index < -0.39 is 11.5 Å². The van der Waals surface area contributed by atoms with Crippen molar-refractivity contribution in [1.29, 1.82) is 0 Å². The van der Waals surface area contributed by atoms with Crippen LogP contribution >= 0.6 is 0 Å². The Morgan fingerprint density at radius 3 is 2.35 bits per heavy atom. The number of hydrogen-bond donors (Lipinski definition) is 3. The van der Waals surface area contributed by atoms with E-state index in [1.807, 2.05) is 53.7 Å². The standard InChI is InChI=1S/C18H29N3O2/c1-7-11(2)15(19)16(22)20-13-9-8-12(3)14(10-13)21-17(23)18(4,5)6/h8-11,15H,7,19H2,1-6H3,(H,20,22)(H,21,23). The predicted molar refractivity (Wildman–Crippen MR) is 95.3 cm³/mol. The molecule has 2 unspecified atom stereocenters. The molecular formula is C18H29N3O2. The number of amides is 2. The summed E-state index contributed by atoms with van der Waals surface area (Å²) in [5.41, 5.74) is 7.72. The average molecular weight is 319 g/mol. The molecule has 128 valence electrons. The summed E-state index contributed by atoms with van der Waals surface area (Å²) in [6.45, 7) is 11.4. The second-order valence-corrected chi connectivity index (χ2v) is 7.13. The molecule has 0 saturated carbocycles. The lowest BCUT2D eigenvalue weighted by Gasteiger charge is -2.20. The fourth-order valence-electron chi connectivity index (χ4n) is 1.88. The Hall–Kier alpha value is -1.88. The monoisotopic (exact) mass is 319 g/mol. The largest absolute Gasteiger partial charge is 0.325 e. The first kappa shape index (κ1) is 19.2. The van der Waals surface area contributed by atoms with Crippen molar-refractivity contribution in [1.82, 2.24) is 0 Å². The Kier molecular flexibility index (Phi) is 6.33. The molecule has 0 aromatic heterocycles. The third kappa shape index (κ3) is 5.36. The van der Waals surface area contributed by atoms with Crippen LogP contribution in [0.15, 0.2) is 18.2 Å². The average Bonchev–Trinajstić information content (AvgIpc) is 2.47. The maximum Gasteiger partial charge on any atom is 0.241 e. The van der Waals surface area contributed by atoms with Gasteiger partial charge in [-0.15, -0.1) is 0 Å². The van der Waals surface area contributed by atoms with Crippen LogP contribution in [-0.4, -0.2) is 17.9 Å². The van der Waals surface area contributed by atoms with E-state index in [4.69, 9.17) is 5.73 Å². The Bertz CT molecular complexity index is 576. The normalized spacial score (nSPS) is 14.0. The smallest absolute Gasteiger partial charge is 0.241 e.